The van der Waals surface area contributed by atoms with Gasteiger partial charge in [0.05, 0.1) is 11.8 Å². The molecule has 3 amide bonds. The molecule has 0 bridgehead atoms. The Hall–Kier alpha value is -3.09. The molecule has 7 heteroatoms. The second-order valence-electron chi connectivity index (χ2n) is 7.88. The van der Waals surface area contributed by atoms with Crippen LogP contribution in [0.1, 0.15) is 41.5 Å². The molecule has 0 aliphatic carbocycles. The number of furan rings is 1. The smallest absolute Gasteiger partial charge is 0.257 e. The molecule has 1 fully saturated rings. The largest absolute Gasteiger partial charge is 0.472 e. The van der Waals surface area contributed by atoms with E-state index in [0.29, 0.717) is 43.0 Å². The van der Waals surface area contributed by atoms with Crippen LogP contribution in [0.25, 0.3) is 0 Å². The normalized spacial score (nSPS) is 14.7. The van der Waals surface area contributed by atoms with E-state index in [0.717, 1.165) is 0 Å². The van der Waals surface area contributed by atoms with Crippen molar-refractivity contribution in [3.63, 3.8) is 0 Å². The first-order chi connectivity index (χ1) is 13.3. The summed E-state index contributed by atoms with van der Waals surface area (Å²) in [6.45, 7) is 7.36. The van der Waals surface area contributed by atoms with Crippen LogP contribution in [0.4, 0.5) is 5.69 Å². The maximum atomic E-state index is 12.8. The minimum Gasteiger partial charge on any atom is -0.472 e. The molecule has 0 unspecified atom stereocenters. The van der Waals surface area contributed by atoms with Gasteiger partial charge in [0.2, 0.25) is 5.91 Å². The fraction of sp³-hybridized carbons (Fsp3) is 0.381. The molecule has 1 aliphatic rings. The minimum atomic E-state index is -0.516. The molecule has 28 heavy (non-hydrogen) atoms. The van der Waals surface area contributed by atoms with E-state index in [1.54, 1.807) is 40.1 Å². The van der Waals surface area contributed by atoms with Crippen molar-refractivity contribution in [2.75, 3.05) is 31.5 Å². The molecule has 7 nitrogen and oxygen atoms in total. The van der Waals surface area contributed by atoms with Gasteiger partial charge in [0.15, 0.2) is 0 Å². The number of carbonyl (C=O) groups is 3. The van der Waals surface area contributed by atoms with Crippen molar-refractivity contribution in [3.8, 4) is 0 Å². The quantitative estimate of drug-likeness (QED) is 0.883. The summed E-state index contributed by atoms with van der Waals surface area (Å²) in [7, 11) is 0. The van der Waals surface area contributed by atoms with E-state index < -0.39 is 5.41 Å². The molecule has 1 saturated heterocycles. The lowest BCUT2D eigenvalue weighted by molar-refractivity contribution is -0.123. The maximum Gasteiger partial charge on any atom is 0.257 e. The highest BCUT2D eigenvalue weighted by atomic mass is 16.3. The predicted octanol–water partition coefficient (Wildman–Crippen LogP) is 2.86. The Morgan fingerprint density at radius 3 is 2.07 bits per heavy atom. The van der Waals surface area contributed by atoms with Crippen molar-refractivity contribution in [2.45, 2.75) is 20.8 Å². The highest BCUT2D eigenvalue weighted by molar-refractivity contribution is 5.98. The molecule has 148 valence electrons. The average molecular weight is 383 g/mol. The molecular weight excluding hydrogens is 358 g/mol. The van der Waals surface area contributed by atoms with Crippen molar-refractivity contribution in [1.82, 2.24) is 9.80 Å². The summed E-state index contributed by atoms with van der Waals surface area (Å²) >= 11 is 0. The molecule has 1 aromatic carbocycles. The third-order valence-corrected chi connectivity index (χ3v) is 4.67. The van der Waals surface area contributed by atoms with Crippen molar-refractivity contribution >= 4 is 23.4 Å². The van der Waals surface area contributed by atoms with Crippen LogP contribution in [0.5, 0.6) is 0 Å². The van der Waals surface area contributed by atoms with Gasteiger partial charge in [-0.1, -0.05) is 26.8 Å². The van der Waals surface area contributed by atoms with Crippen LogP contribution >= 0.6 is 0 Å². The van der Waals surface area contributed by atoms with Crippen LogP contribution < -0.4 is 5.32 Å². The lowest BCUT2D eigenvalue weighted by Crippen LogP contribution is -2.50. The lowest BCUT2D eigenvalue weighted by atomic mass is 9.95. The Kier molecular flexibility index (Phi) is 5.53. The number of hydrogen-bond donors (Lipinski definition) is 1. The summed E-state index contributed by atoms with van der Waals surface area (Å²) in [6, 6.07) is 8.58. The zero-order chi connectivity index (χ0) is 20.3. The molecule has 1 N–H and O–H groups in total. The number of anilines is 1. The summed E-state index contributed by atoms with van der Waals surface area (Å²) < 4.78 is 4.96. The number of nitrogens with zero attached hydrogens (tertiary/aromatic N) is 2. The molecule has 0 radical (unpaired) electrons. The Labute approximate surface area is 164 Å². The monoisotopic (exact) mass is 383 g/mol. The number of rotatable bonds is 3. The number of benzene rings is 1. The Balaban J connectivity index is 1.61. The molecule has 0 atom stereocenters. The van der Waals surface area contributed by atoms with Gasteiger partial charge in [-0.2, -0.15) is 0 Å². The van der Waals surface area contributed by atoms with Gasteiger partial charge in [0.25, 0.3) is 11.8 Å². The predicted molar refractivity (Wildman–Crippen MR) is 105 cm³/mol. The van der Waals surface area contributed by atoms with E-state index in [2.05, 4.69) is 5.32 Å². The van der Waals surface area contributed by atoms with E-state index >= 15 is 0 Å². The van der Waals surface area contributed by atoms with Gasteiger partial charge in [0, 0.05) is 42.8 Å². The number of amides is 3. The molecule has 0 saturated carbocycles. The fourth-order valence-corrected chi connectivity index (χ4v) is 2.91. The first kappa shape index (κ1) is 19.7. The van der Waals surface area contributed by atoms with Gasteiger partial charge < -0.3 is 19.5 Å². The van der Waals surface area contributed by atoms with Gasteiger partial charge in [0.1, 0.15) is 6.26 Å². The van der Waals surface area contributed by atoms with Crippen LogP contribution in [-0.2, 0) is 4.79 Å². The highest BCUT2D eigenvalue weighted by Crippen LogP contribution is 2.19. The van der Waals surface area contributed by atoms with Gasteiger partial charge >= 0.3 is 0 Å². The zero-order valence-corrected chi connectivity index (χ0v) is 16.4. The van der Waals surface area contributed by atoms with E-state index in [1.165, 1.54) is 12.5 Å². The molecule has 1 aliphatic heterocycles. The third-order valence-electron chi connectivity index (χ3n) is 4.67. The van der Waals surface area contributed by atoms with Crippen LogP contribution in [0.3, 0.4) is 0 Å². The SMILES string of the molecule is CC(C)(C)C(=O)Nc1cccc(C(=O)N2CCN(C(=O)c3ccoc3)CC2)c1. The van der Waals surface area contributed by atoms with E-state index in [9.17, 15) is 14.4 Å². The van der Waals surface area contributed by atoms with Crippen molar-refractivity contribution < 1.29 is 18.8 Å². The van der Waals surface area contributed by atoms with Crippen molar-refractivity contribution in [1.29, 1.82) is 0 Å². The van der Waals surface area contributed by atoms with E-state index in [1.807, 2.05) is 20.8 Å². The van der Waals surface area contributed by atoms with Gasteiger partial charge in [-0.15, -0.1) is 0 Å². The fourth-order valence-electron chi connectivity index (χ4n) is 2.91. The number of hydrogen-bond acceptors (Lipinski definition) is 4. The van der Waals surface area contributed by atoms with Gasteiger partial charge in [-0.3, -0.25) is 14.4 Å². The van der Waals surface area contributed by atoms with Crippen LogP contribution in [-0.4, -0.2) is 53.7 Å². The second-order valence-corrected chi connectivity index (χ2v) is 7.88. The van der Waals surface area contributed by atoms with Crippen LogP contribution in [0, 0.1) is 5.41 Å². The van der Waals surface area contributed by atoms with Crippen molar-refractivity contribution in [2.24, 2.45) is 5.41 Å². The first-order valence-corrected chi connectivity index (χ1v) is 9.28. The number of carbonyl (C=O) groups excluding carboxylic acids is 3. The van der Waals surface area contributed by atoms with Crippen LogP contribution in [0.15, 0.2) is 47.3 Å². The molecule has 2 heterocycles. The average Bonchev–Trinajstić information content (AvgIpc) is 3.21. The number of piperazine rings is 1. The summed E-state index contributed by atoms with van der Waals surface area (Å²) in [6.07, 6.45) is 2.90. The zero-order valence-electron chi connectivity index (χ0n) is 16.4. The minimum absolute atomic E-state index is 0.0901. The van der Waals surface area contributed by atoms with E-state index in [-0.39, 0.29) is 17.7 Å². The van der Waals surface area contributed by atoms with Gasteiger partial charge in [-0.05, 0) is 24.3 Å². The second kappa shape index (κ2) is 7.88. The maximum absolute atomic E-state index is 12.8. The highest BCUT2D eigenvalue weighted by Gasteiger charge is 2.26. The summed E-state index contributed by atoms with van der Waals surface area (Å²) in [5, 5.41) is 2.85. The lowest BCUT2D eigenvalue weighted by Gasteiger charge is -2.34. The van der Waals surface area contributed by atoms with E-state index in [4.69, 9.17) is 4.42 Å². The number of nitrogens with one attached hydrogen (secondary N) is 1. The Bertz CT molecular complexity index is 860. The molecule has 2 aromatic rings. The van der Waals surface area contributed by atoms with Crippen molar-refractivity contribution in [3.05, 3.63) is 54.0 Å². The topological polar surface area (TPSA) is 82.9 Å². The summed E-state index contributed by atoms with van der Waals surface area (Å²) in [5.74, 6) is -0.307. The standard InChI is InChI=1S/C21H25N3O4/c1-21(2,3)20(27)22-17-6-4-5-15(13-17)18(25)23-8-10-24(11-9-23)19(26)16-7-12-28-14-16/h4-7,12-14H,8-11H2,1-3H3,(H,22,27). The molecular formula is C21H25N3O4. The Morgan fingerprint density at radius 2 is 1.54 bits per heavy atom. The first-order valence-electron chi connectivity index (χ1n) is 9.28. The molecule has 1 aromatic heterocycles. The molecule has 3 rings (SSSR count). The molecule has 0 spiro atoms. The third kappa shape index (κ3) is 4.42. The summed E-state index contributed by atoms with van der Waals surface area (Å²) in [4.78, 5) is 40.8. The van der Waals surface area contributed by atoms with Gasteiger partial charge in [-0.25, -0.2) is 0 Å². The van der Waals surface area contributed by atoms with Crippen LogP contribution in [0.2, 0.25) is 0 Å². The summed E-state index contributed by atoms with van der Waals surface area (Å²) in [5.41, 5.74) is 1.11. The Morgan fingerprint density at radius 1 is 0.929 bits per heavy atom.